The zero-order valence-electron chi connectivity index (χ0n) is 18.2. The number of aryl methyl sites for hydroxylation is 3. The van der Waals surface area contributed by atoms with Crippen LogP contribution in [0, 0.1) is 0 Å². The normalized spacial score (nSPS) is 16.5. The Morgan fingerprint density at radius 3 is 2.52 bits per heavy atom. The highest BCUT2D eigenvalue weighted by atomic mass is 32.1. The summed E-state index contributed by atoms with van der Waals surface area (Å²) in [7, 11) is 1.63. The Bertz CT molecular complexity index is 1100. The van der Waals surface area contributed by atoms with E-state index in [2.05, 4.69) is 11.8 Å². The molecule has 2 aliphatic rings. The lowest BCUT2D eigenvalue weighted by atomic mass is 9.97. The fourth-order valence-electron chi connectivity index (χ4n) is 4.61. The van der Waals surface area contributed by atoms with E-state index in [4.69, 9.17) is 14.7 Å². The van der Waals surface area contributed by atoms with Crippen molar-refractivity contribution >= 4 is 33.3 Å². The Morgan fingerprint density at radius 1 is 1.06 bits per heavy atom. The summed E-state index contributed by atoms with van der Waals surface area (Å²) in [5.74, 6) is 2.84. The van der Waals surface area contributed by atoms with Crippen LogP contribution in [0.25, 0.3) is 10.2 Å². The smallest absolute Gasteiger partial charge is 0.253 e. The van der Waals surface area contributed by atoms with Gasteiger partial charge in [0.05, 0.1) is 12.5 Å². The van der Waals surface area contributed by atoms with E-state index in [1.54, 1.807) is 7.11 Å². The molecule has 0 unspecified atom stereocenters. The molecule has 31 heavy (non-hydrogen) atoms. The summed E-state index contributed by atoms with van der Waals surface area (Å²) in [6.07, 6.45) is 5.66. The van der Waals surface area contributed by atoms with Crippen molar-refractivity contribution in [1.29, 1.82) is 0 Å². The van der Waals surface area contributed by atoms with Crippen molar-refractivity contribution in [1.82, 2.24) is 14.9 Å². The fraction of sp³-hybridized carbons (Fsp3) is 0.458. The first kappa shape index (κ1) is 20.2. The molecule has 0 N–H and O–H groups in total. The molecule has 1 fully saturated rings. The van der Waals surface area contributed by atoms with E-state index in [1.807, 2.05) is 40.5 Å². The number of thiophene rings is 1. The molecule has 1 aromatic carbocycles. The van der Waals surface area contributed by atoms with Crippen LogP contribution in [-0.2, 0) is 19.3 Å². The predicted molar refractivity (Wildman–Crippen MR) is 125 cm³/mol. The highest BCUT2D eigenvalue weighted by molar-refractivity contribution is 7.19. The molecule has 3 aromatic rings. The van der Waals surface area contributed by atoms with Crippen molar-refractivity contribution in [3.63, 3.8) is 0 Å². The summed E-state index contributed by atoms with van der Waals surface area (Å²) in [6, 6.07) is 7.36. The maximum Gasteiger partial charge on any atom is 0.253 e. The van der Waals surface area contributed by atoms with Crippen LogP contribution in [0.2, 0.25) is 0 Å². The maximum atomic E-state index is 12.9. The van der Waals surface area contributed by atoms with E-state index < -0.39 is 0 Å². The quantitative estimate of drug-likeness (QED) is 0.616. The van der Waals surface area contributed by atoms with Gasteiger partial charge in [-0.2, -0.15) is 0 Å². The Hall–Kier alpha value is -2.67. The third kappa shape index (κ3) is 3.76. The highest BCUT2D eigenvalue weighted by Gasteiger charge is 2.27. The lowest BCUT2D eigenvalue weighted by Gasteiger charge is -2.36. The molecule has 1 amide bonds. The Morgan fingerprint density at radius 2 is 1.81 bits per heavy atom. The summed E-state index contributed by atoms with van der Waals surface area (Å²) >= 11 is 1.86. The second kappa shape index (κ2) is 8.46. The number of piperazine rings is 1. The number of aromatic nitrogens is 2. The molecular formula is C24H28N4O2S. The third-order valence-electron chi connectivity index (χ3n) is 6.36. The van der Waals surface area contributed by atoms with Gasteiger partial charge in [-0.15, -0.1) is 11.3 Å². The van der Waals surface area contributed by atoms with Crippen LogP contribution in [0.1, 0.15) is 46.4 Å². The molecule has 3 heterocycles. The lowest BCUT2D eigenvalue weighted by molar-refractivity contribution is 0.0746. The van der Waals surface area contributed by atoms with E-state index >= 15 is 0 Å². The summed E-state index contributed by atoms with van der Waals surface area (Å²) in [6.45, 7) is 5.10. The Balaban J connectivity index is 1.38. The maximum absolute atomic E-state index is 12.9. The molecule has 1 aliphatic heterocycles. The van der Waals surface area contributed by atoms with Crippen molar-refractivity contribution in [3.05, 3.63) is 46.1 Å². The highest BCUT2D eigenvalue weighted by Crippen LogP contribution is 2.40. The lowest BCUT2D eigenvalue weighted by Crippen LogP contribution is -2.49. The second-order valence-corrected chi connectivity index (χ2v) is 9.30. The van der Waals surface area contributed by atoms with Crippen molar-refractivity contribution < 1.29 is 9.53 Å². The molecule has 0 bridgehead atoms. The molecule has 0 radical (unpaired) electrons. The Kier molecular flexibility index (Phi) is 5.52. The number of ether oxygens (including phenoxy) is 1. The van der Waals surface area contributed by atoms with Gasteiger partial charge in [0.1, 0.15) is 22.2 Å². The number of carbonyl (C=O) groups excluding carboxylic acids is 1. The number of anilines is 1. The number of amides is 1. The van der Waals surface area contributed by atoms with E-state index in [0.717, 1.165) is 48.2 Å². The molecule has 1 saturated heterocycles. The number of hydrogen-bond donors (Lipinski definition) is 0. The van der Waals surface area contributed by atoms with Gasteiger partial charge in [0.2, 0.25) is 0 Å². The van der Waals surface area contributed by atoms with Crippen LogP contribution in [0.4, 0.5) is 5.82 Å². The van der Waals surface area contributed by atoms with Gasteiger partial charge in [-0.05, 0) is 55.5 Å². The summed E-state index contributed by atoms with van der Waals surface area (Å²) in [4.78, 5) is 29.7. The van der Waals surface area contributed by atoms with Gasteiger partial charge < -0.3 is 14.5 Å². The van der Waals surface area contributed by atoms with Gasteiger partial charge in [-0.3, -0.25) is 4.79 Å². The van der Waals surface area contributed by atoms with Gasteiger partial charge >= 0.3 is 0 Å². The first-order valence-electron chi connectivity index (χ1n) is 11.2. The molecule has 7 heteroatoms. The second-order valence-electron chi connectivity index (χ2n) is 8.22. The Labute approximate surface area is 186 Å². The summed E-state index contributed by atoms with van der Waals surface area (Å²) < 4.78 is 5.20. The molecule has 0 atom stereocenters. The minimum Gasteiger partial charge on any atom is -0.497 e. The number of hydrogen-bond acceptors (Lipinski definition) is 6. The minimum atomic E-state index is 0.0808. The summed E-state index contributed by atoms with van der Waals surface area (Å²) in [5, 5.41) is 1.27. The number of carbonyl (C=O) groups is 1. The van der Waals surface area contributed by atoms with Gasteiger partial charge in [-0.25, -0.2) is 9.97 Å². The van der Waals surface area contributed by atoms with Crippen LogP contribution >= 0.6 is 11.3 Å². The minimum absolute atomic E-state index is 0.0808. The zero-order chi connectivity index (χ0) is 21.4. The predicted octanol–water partition coefficient (Wildman–Crippen LogP) is 4.10. The number of fused-ring (bicyclic) bond motifs is 3. The van der Waals surface area contributed by atoms with Gasteiger partial charge in [0, 0.05) is 43.0 Å². The van der Waals surface area contributed by atoms with E-state index in [1.165, 1.54) is 35.1 Å². The topological polar surface area (TPSA) is 58.6 Å². The fourth-order valence-corrected chi connectivity index (χ4v) is 5.88. The molecule has 5 rings (SSSR count). The van der Waals surface area contributed by atoms with Gasteiger partial charge in [-0.1, -0.05) is 6.92 Å². The standard InChI is InChI=1S/C24H28N4O2S/c1-3-20-25-22(21-18-6-4-5-7-19(18)31-23(21)26-20)27-12-14-28(15-13-27)24(29)16-8-10-17(30-2)11-9-16/h8-11H,3-7,12-15H2,1-2H3. The van der Waals surface area contributed by atoms with Gasteiger partial charge in [0.25, 0.3) is 5.91 Å². The average Bonchev–Trinajstić information content (AvgIpc) is 3.21. The van der Waals surface area contributed by atoms with Crippen LogP contribution in [0.15, 0.2) is 24.3 Å². The van der Waals surface area contributed by atoms with Crippen molar-refractivity contribution in [2.75, 3.05) is 38.2 Å². The van der Waals surface area contributed by atoms with Crippen molar-refractivity contribution in [2.24, 2.45) is 0 Å². The van der Waals surface area contributed by atoms with E-state index in [9.17, 15) is 4.79 Å². The monoisotopic (exact) mass is 436 g/mol. The van der Waals surface area contributed by atoms with E-state index in [0.29, 0.717) is 18.7 Å². The molecule has 0 spiro atoms. The number of nitrogens with zero attached hydrogens (tertiary/aromatic N) is 4. The summed E-state index contributed by atoms with van der Waals surface area (Å²) in [5.41, 5.74) is 2.18. The van der Waals surface area contributed by atoms with Crippen molar-refractivity contribution in [3.8, 4) is 5.75 Å². The van der Waals surface area contributed by atoms with Crippen LogP contribution in [0.3, 0.4) is 0 Å². The number of methoxy groups -OCH3 is 1. The number of benzene rings is 1. The zero-order valence-corrected chi connectivity index (χ0v) is 19.0. The molecule has 1 aliphatic carbocycles. The SMILES string of the molecule is CCc1nc(N2CCN(C(=O)c3ccc(OC)cc3)CC2)c2c3c(sc2n1)CCCC3. The van der Waals surface area contributed by atoms with E-state index in [-0.39, 0.29) is 5.91 Å². The molecule has 162 valence electrons. The molecule has 2 aromatic heterocycles. The largest absolute Gasteiger partial charge is 0.497 e. The van der Waals surface area contributed by atoms with Crippen LogP contribution in [0.5, 0.6) is 5.75 Å². The van der Waals surface area contributed by atoms with Gasteiger partial charge in [0.15, 0.2) is 0 Å². The van der Waals surface area contributed by atoms with Crippen LogP contribution < -0.4 is 9.64 Å². The molecular weight excluding hydrogens is 408 g/mol. The number of rotatable bonds is 4. The molecule has 0 saturated carbocycles. The average molecular weight is 437 g/mol. The van der Waals surface area contributed by atoms with Crippen molar-refractivity contribution in [2.45, 2.75) is 39.0 Å². The van der Waals surface area contributed by atoms with Crippen LogP contribution in [-0.4, -0.2) is 54.1 Å². The third-order valence-corrected chi connectivity index (χ3v) is 7.55. The first-order valence-corrected chi connectivity index (χ1v) is 12.0. The molecule has 6 nitrogen and oxygen atoms in total. The first-order chi connectivity index (χ1) is 15.2.